The topological polar surface area (TPSA) is 191 Å². The zero-order valence-corrected chi connectivity index (χ0v) is 39.8. The van der Waals surface area contributed by atoms with E-state index < -0.39 is 38.2 Å². The van der Waals surface area contributed by atoms with Crippen molar-refractivity contribution >= 4 is 60.7 Å². The molecule has 0 bridgehead atoms. The number of anilines is 1. The maximum Gasteiger partial charge on any atom is 0.331 e. The Morgan fingerprint density at radius 3 is 2.45 bits per heavy atom. The normalized spacial score (nSPS) is 17.3. The summed E-state index contributed by atoms with van der Waals surface area (Å²) in [5.41, 5.74) is 8.22. The van der Waals surface area contributed by atoms with Gasteiger partial charge in [-0.15, -0.1) is 0 Å². The number of likely N-dealkylation sites (N-methyl/N-ethyl adjacent to an activating group) is 1. The Kier molecular flexibility index (Phi) is 14.0. The van der Waals surface area contributed by atoms with Gasteiger partial charge in [0.15, 0.2) is 0 Å². The SMILES string of the molecule is CCN1CC(c2ccnc3[nH]c(-c4cccc(CN(C)C)c4)cc23)C(c2ccc(NC(=O)N(C)CCCO[Si](C)(C)OCCOc3cccc4c3C(=O)N(C3CCC(=O)NC3=O)C4=O)cc2)=N1. The second-order valence-electron chi connectivity index (χ2n) is 17.7. The van der Waals surface area contributed by atoms with Crippen LogP contribution >= 0.6 is 0 Å². The second kappa shape index (κ2) is 20.0. The van der Waals surface area contributed by atoms with Crippen LogP contribution in [0.1, 0.15) is 69.5 Å². The second-order valence-corrected chi connectivity index (χ2v) is 21.1. The Hall–Kier alpha value is -6.73. The minimum atomic E-state index is -2.60. The maximum atomic E-state index is 13.4. The van der Waals surface area contributed by atoms with Crippen molar-refractivity contribution in [3.8, 4) is 17.0 Å². The molecule has 0 aliphatic carbocycles. The molecule has 3 aliphatic rings. The highest BCUT2D eigenvalue weighted by Gasteiger charge is 2.46. The Balaban J connectivity index is 0.800. The summed E-state index contributed by atoms with van der Waals surface area (Å²) in [6, 6.07) is 24.1. The number of ether oxygens (including phenoxy) is 1. The quantitative estimate of drug-likeness (QED) is 0.0517. The average Bonchev–Trinajstić information content (AvgIpc) is 4.01. The Labute approximate surface area is 390 Å². The number of piperidine rings is 1. The molecule has 17 nitrogen and oxygen atoms in total. The molecule has 8 rings (SSSR count). The lowest BCUT2D eigenvalue weighted by atomic mass is 9.89. The molecule has 3 aromatic carbocycles. The van der Waals surface area contributed by atoms with E-state index in [0.717, 1.165) is 63.7 Å². The first-order chi connectivity index (χ1) is 32.2. The number of rotatable bonds is 18. The van der Waals surface area contributed by atoms with Crippen LogP contribution in [0.25, 0.3) is 22.3 Å². The first-order valence-electron chi connectivity index (χ1n) is 22.6. The minimum Gasteiger partial charge on any atom is -0.490 e. The number of benzene rings is 3. The van der Waals surface area contributed by atoms with Gasteiger partial charge in [0, 0.05) is 75.1 Å². The summed E-state index contributed by atoms with van der Waals surface area (Å²) >= 11 is 0. The number of pyridine rings is 1. The number of hydrazone groups is 1. The third-order valence-corrected chi connectivity index (χ3v) is 13.9. The first-order valence-corrected chi connectivity index (χ1v) is 25.4. The molecule has 5 heterocycles. The van der Waals surface area contributed by atoms with Crippen molar-refractivity contribution in [2.24, 2.45) is 5.10 Å². The van der Waals surface area contributed by atoms with Gasteiger partial charge in [0.05, 0.1) is 23.4 Å². The molecule has 2 atom stereocenters. The van der Waals surface area contributed by atoms with Crippen molar-refractivity contribution < 1.29 is 37.6 Å². The van der Waals surface area contributed by atoms with E-state index in [1.807, 2.05) is 43.6 Å². The molecule has 2 unspecified atom stereocenters. The molecule has 3 N–H and O–H groups in total. The van der Waals surface area contributed by atoms with Gasteiger partial charge in [-0.3, -0.25) is 34.4 Å². The Morgan fingerprint density at radius 1 is 0.910 bits per heavy atom. The van der Waals surface area contributed by atoms with Crippen LogP contribution in [-0.2, 0) is 25.0 Å². The van der Waals surface area contributed by atoms with Gasteiger partial charge in [-0.25, -0.2) is 9.78 Å². The largest absolute Gasteiger partial charge is 0.490 e. The maximum absolute atomic E-state index is 13.4. The highest BCUT2D eigenvalue weighted by atomic mass is 28.4. The van der Waals surface area contributed by atoms with Crippen LogP contribution in [-0.4, -0.2) is 140 Å². The van der Waals surface area contributed by atoms with E-state index in [4.69, 9.17) is 23.7 Å². The zero-order chi connectivity index (χ0) is 47.4. The summed E-state index contributed by atoms with van der Waals surface area (Å²) in [4.78, 5) is 76.7. The van der Waals surface area contributed by atoms with Crippen LogP contribution < -0.4 is 15.4 Å². The standard InChI is InChI=1S/C49H57N9O8Si/c1-7-57-30-38(35-21-22-50-45-37(35)28-39(52-45)33-12-8-11-31(27-33)29-55(2)3)44(54-57)32-15-17-34(18-16-32)51-49(63)56(4)23-10-24-65-67(5,6)66-26-25-64-41-14-9-13-36-43(41)48(62)58(47(36)61)40-19-20-42(59)53-46(40)60/h8-9,11-18,21-22,27-28,38,40H,7,10,19-20,23-26,29-30H2,1-6H3,(H,50,52)(H,51,63)(H,53,59,60). The molecule has 5 aromatic rings. The van der Waals surface area contributed by atoms with Crippen LogP contribution in [0.15, 0.2) is 90.2 Å². The van der Waals surface area contributed by atoms with E-state index in [0.29, 0.717) is 25.3 Å². The van der Waals surface area contributed by atoms with Gasteiger partial charge < -0.3 is 33.7 Å². The molecule has 350 valence electrons. The zero-order valence-electron chi connectivity index (χ0n) is 38.8. The lowest BCUT2D eigenvalue weighted by Crippen LogP contribution is -2.54. The van der Waals surface area contributed by atoms with Crippen molar-refractivity contribution in [1.29, 1.82) is 0 Å². The van der Waals surface area contributed by atoms with Gasteiger partial charge in [0.1, 0.15) is 24.0 Å². The molecule has 67 heavy (non-hydrogen) atoms. The smallest absolute Gasteiger partial charge is 0.331 e. The molecule has 0 saturated carbocycles. The van der Waals surface area contributed by atoms with E-state index in [1.165, 1.54) is 11.6 Å². The van der Waals surface area contributed by atoms with E-state index >= 15 is 0 Å². The number of hydrogen-bond donors (Lipinski definition) is 3. The Morgan fingerprint density at radius 2 is 1.69 bits per heavy atom. The van der Waals surface area contributed by atoms with E-state index in [2.05, 4.69) is 82.9 Å². The molecule has 0 spiro atoms. The monoisotopic (exact) mass is 927 g/mol. The number of nitrogens with zero attached hydrogens (tertiary/aromatic N) is 6. The number of aromatic nitrogens is 2. The van der Waals surface area contributed by atoms with Gasteiger partial charge in [0.25, 0.3) is 11.8 Å². The van der Waals surface area contributed by atoms with Gasteiger partial charge in [-0.05, 0) is 112 Å². The van der Waals surface area contributed by atoms with E-state index in [1.54, 1.807) is 24.1 Å². The van der Waals surface area contributed by atoms with Crippen molar-refractivity contribution in [1.82, 2.24) is 35.0 Å². The Bertz CT molecular complexity index is 2720. The molecule has 18 heteroatoms. The van der Waals surface area contributed by atoms with Crippen molar-refractivity contribution in [3.63, 3.8) is 0 Å². The number of urea groups is 1. The van der Waals surface area contributed by atoms with Gasteiger partial charge in [0.2, 0.25) is 11.8 Å². The molecule has 1 saturated heterocycles. The fraction of sp³-hybridized carbons (Fsp3) is 0.367. The van der Waals surface area contributed by atoms with E-state index in [9.17, 15) is 24.0 Å². The summed E-state index contributed by atoms with van der Waals surface area (Å²) in [5, 5.41) is 13.4. The summed E-state index contributed by atoms with van der Waals surface area (Å²) in [6.45, 7) is 9.39. The van der Waals surface area contributed by atoms with E-state index in [-0.39, 0.29) is 54.9 Å². The highest BCUT2D eigenvalue weighted by Crippen LogP contribution is 2.36. The molecule has 2 aromatic heterocycles. The van der Waals surface area contributed by atoms with Crippen molar-refractivity contribution in [3.05, 3.63) is 113 Å². The van der Waals surface area contributed by atoms with Gasteiger partial charge >= 0.3 is 14.6 Å². The number of H-pyrrole nitrogens is 1. The van der Waals surface area contributed by atoms with Crippen molar-refractivity contribution in [2.75, 3.05) is 65.9 Å². The third-order valence-electron chi connectivity index (χ3n) is 12.1. The van der Waals surface area contributed by atoms with Gasteiger partial charge in [-0.1, -0.05) is 36.4 Å². The third kappa shape index (κ3) is 10.5. The van der Waals surface area contributed by atoms with Crippen LogP contribution in [0.4, 0.5) is 10.5 Å². The molecule has 1 fully saturated rings. The predicted octanol–water partition coefficient (Wildman–Crippen LogP) is 6.18. The summed E-state index contributed by atoms with van der Waals surface area (Å²) in [5.74, 6) is -2.12. The number of fused-ring (bicyclic) bond motifs is 2. The van der Waals surface area contributed by atoms with Crippen molar-refractivity contribution in [2.45, 2.75) is 57.8 Å². The predicted molar refractivity (Wildman–Crippen MR) is 256 cm³/mol. The number of imide groups is 2. The number of carbonyl (C=O) groups excluding carboxylic acids is 5. The molecule has 3 aliphatic heterocycles. The average molecular weight is 928 g/mol. The lowest BCUT2D eigenvalue weighted by Gasteiger charge is -2.27. The van der Waals surface area contributed by atoms with Crippen LogP contribution in [0.5, 0.6) is 5.75 Å². The highest BCUT2D eigenvalue weighted by molar-refractivity contribution is 6.64. The number of nitrogens with one attached hydrogen (secondary N) is 3. The van der Waals surface area contributed by atoms with Crippen LogP contribution in [0, 0.1) is 0 Å². The minimum absolute atomic E-state index is 0.0199. The summed E-state index contributed by atoms with van der Waals surface area (Å²) in [7, 11) is 3.28. The van der Waals surface area contributed by atoms with Crippen LogP contribution in [0.3, 0.4) is 0 Å². The molecular formula is C49H57N9O8Si. The fourth-order valence-corrected chi connectivity index (χ4v) is 10.0. The molecule has 6 amide bonds. The number of amides is 6. The number of aromatic amines is 1. The summed E-state index contributed by atoms with van der Waals surface area (Å²) < 4.78 is 18.1. The fourth-order valence-electron chi connectivity index (χ4n) is 8.72. The molecular weight excluding hydrogens is 871 g/mol. The van der Waals surface area contributed by atoms with Crippen LogP contribution in [0.2, 0.25) is 13.1 Å². The van der Waals surface area contributed by atoms with Gasteiger partial charge in [-0.2, -0.15) is 5.10 Å². The lowest BCUT2D eigenvalue weighted by molar-refractivity contribution is -0.136. The molecule has 0 radical (unpaired) electrons. The number of carbonyl (C=O) groups is 5. The summed E-state index contributed by atoms with van der Waals surface area (Å²) in [6.07, 6.45) is 2.54. The number of hydrogen-bond acceptors (Lipinski definition) is 12. The first kappa shape index (κ1) is 46.8.